The van der Waals surface area contributed by atoms with Crippen molar-refractivity contribution in [3.63, 3.8) is 0 Å². The summed E-state index contributed by atoms with van der Waals surface area (Å²) in [5, 5.41) is 73.5. The van der Waals surface area contributed by atoms with E-state index >= 15 is 0 Å². The van der Waals surface area contributed by atoms with Crippen LogP contribution < -0.4 is 5.32 Å². The van der Waals surface area contributed by atoms with Crippen molar-refractivity contribution in [2.75, 3.05) is 6.61 Å². The molecule has 14 heteroatoms. The van der Waals surface area contributed by atoms with E-state index in [0.717, 1.165) is 57.8 Å². The molecule has 0 aromatic heterocycles. The highest BCUT2D eigenvalue weighted by molar-refractivity contribution is 7.47. The second kappa shape index (κ2) is 25.2. The predicted octanol–water partition coefficient (Wildman–Crippen LogP) is 2.85. The van der Waals surface area contributed by atoms with Gasteiger partial charge in [0.2, 0.25) is 5.91 Å². The van der Waals surface area contributed by atoms with Crippen molar-refractivity contribution in [3.8, 4) is 0 Å². The largest absolute Gasteiger partial charge is 0.472 e. The Morgan fingerprint density at radius 2 is 1.27 bits per heavy atom. The van der Waals surface area contributed by atoms with E-state index in [1.54, 1.807) is 12.2 Å². The number of allylic oxidation sites excluding steroid dienone is 6. The van der Waals surface area contributed by atoms with Gasteiger partial charge < -0.3 is 46.0 Å². The van der Waals surface area contributed by atoms with Crippen LogP contribution in [0, 0.1) is 0 Å². The first-order valence-electron chi connectivity index (χ1n) is 17.2. The molecule has 0 spiro atoms. The smallest absolute Gasteiger partial charge is 0.392 e. The van der Waals surface area contributed by atoms with Gasteiger partial charge in [-0.3, -0.25) is 13.8 Å². The third-order valence-electron chi connectivity index (χ3n) is 7.85. The summed E-state index contributed by atoms with van der Waals surface area (Å²) in [5.41, 5.74) is 0. The summed E-state index contributed by atoms with van der Waals surface area (Å²) in [6, 6.07) is -1.27. The van der Waals surface area contributed by atoms with Gasteiger partial charge in [0.05, 0.1) is 31.3 Å². The van der Waals surface area contributed by atoms with E-state index in [4.69, 9.17) is 9.05 Å². The maximum absolute atomic E-state index is 12.8. The minimum Gasteiger partial charge on any atom is -0.392 e. The van der Waals surface area contributed by atoms with E-state index < -0.39 is 75.2 Å². The number of phosphoric ester groups is 1. The lowest BCUT2D eigenvalue weighted by Crippen LogP contribution is -2.64. The molecular formula is C34H60NO12P. The van der Waals surface area contributed by atoms with Crippen LogP contribution in [0.2, 0.25) is 0 Å². The van der Waals surface area contributed by atoms with Crippen LogP contribution in [-0.4, -0.2) is 108 Å². The van der Waals surface area contributed by atoms with Gasteiger partial charge in [-0.05, 0) is 51.4 Å². The topological polar surface area (TPSA) is 226 Å². The maximum Gasteiger partial charge on any atom is 0.472 e. The Bertz CT molecular complexity index is 1020. The zero-order chi connectivity index (χ0) is 36.0. The molecule has 0 radical (unpaired) electrons. The molecule has 13 nitrogen and oxygen atoms in total. The Hall–Kier alpha value is -1.74. The lowest BCUT2D eigenvalue weighted by atomic mass is 9.85. The molecule has 0 aromatic carbocycles. The number of unbranched alkanes of at least 4 members (excludes halogenated alkanes) is 7. The van der Waals surface area contributed by atoms with Crippen molar-refractivity contribution < 1.29 is 59.0 Å². The fourth-order valence-electron chi connectivity index (χ4n) is 4.92. The number of carbonyl (C=O) groups is 1. The molecule has 1 saturated carbocycles. The minimum absolute atomic E-state index is 0.242. The van der Waals surface area contributed by atoms with Gasteiger partial charge in [0.15, 0.2) is 0 Å². The first-order chi connectivity index (χ1) is 22.8. The summed E-state index contributed by atoms with van der Waals surface area (Å²) in [4.78, 5) is 23.1. The highest BCUT2D eigenvalue weighted by atomic mass is 31.2. The first-order valence-corrected chi connectivity index (χ1v) is 18.7. The minimum atomic E-state index is -5.14. The molecule has 1 fully saturated rings. The number of nitrogens with one attached hydrogen (secondary N) is 1. The number of carbonyl (C=O) groups excluding carboxylic acids is 1. The molecule has 0 aromatic rings. The van der Waals surface area contributed by atoms with Crippen LogP contribution in [0.5, 0.6) is 0 Å². The molecule has 0 aliphatic heterocycles. The molecule has 0 heterocycles. The highest BCUT2D eigenvalue weighted by Crippen LogP contribution is 2.47. The zero-order valence-corrected chi connectivity index (χ0v) is 29.3. The standard InChI is InChI=1S/C34H60NO12P/c1-3-5-7-9-11-12-13-14-16-18-20-22-27(37)26(35-28(38)23-25(36)21-19-17-15-10-8-6-4-2)24-46-48(44,45)47-34-32(42)30(40)29(39)31(41)33(34)43/h7,9,13-14,17,19-20,22,25-27,29-34,36-37,39-43H,3-6,8,10-12,15-16,18,21,23-24H2,1-2H3,(H,35,38)(H,44,45)/b9-7+,14-13+,19-17-,22-20+. The van der Waals surface area contributed by atoms with Crippen molar-refractivity contribution in [1.29, 1.82) is 0 Å². The van der Waals surface area contributed by atoms with Gasteiger partial charge in [-0.15, -0.1) is 0 Å². The van der Waals surface area contributed by atoms with E-state index in [2.05, 4.69) is 37.4 Å². The molecule has 8 unspecified atom stereocenters. The van der Waals surface area contributed by atoms with Gasteiger partial charge in [-0.2, -0.15) is 0 Å². The van der Waals surface area contributed by atoms with Crippen LogP contribution in [0.25, 0.3) is 0 Å². The van der Waals surface area contributed by atoms with Gasteiger partial charge in [-0.25, -0.2) is 4.57 Å². The zero-order valence-electron chi connectivity index (χ0n) is 28.4. The molecule has 0 saturated heterocycles. The quantitative estimate of drug-likeness (QED) is 0.0380. The number of aliphatic hydroxyl groups excluding tert-OH is 7. The summed E-state index contributed by atoms with van der Waals surface area (Å²) < 4.78 is 22.6. The normalized spacial score (nSPS) is 26.8. The van der Waals surface area contributed by atoms with Gasteiger partial charge in [-0.1, -0.05) is 88.1 Å². The summed E-state index contributed by atoms with van der Waals surface area (Å²) in [6.45, 7) is 3.49. The predicted molar refractivity (Wildman–Crippen MR) is 183 cm³/mol. The second-order valence-electron chi connectivity index (χ2n) is 12.2. The molecule has 1 aliphatic rings. The van der Waals surface area contributed by atoms with Crippen LogP contribution in [0.4, 0.5) is 0 Å². The molecule has 1 aliphatic carbocycles. The average Bonchev–Trinajstić information content (AvgIpc) is 3.05. The average molecular weight is 706 g/mol. The highest BCUT2D eigenvalue weighted by Gasteiger charge is 2.51. The summed E-state index contributed by atoms with van der Waals surface area (Å²) in [6.07, 6.45) is 11.4. The molecule has 1 amide bonds. The molecule has 278 valence electrons. The number of phosphoric acid groups is 1. The van der Waals surface area contributed by atoms with Crippen LogP contribution in [0.15, 0.2) is 48.6 Å². The first kappa shape index (κ1) is 44.3. The second-order valence-corrected chi connectivity index (χ2v) is 13.6. The number of rotatable bonds is 25. The van der Waals surface area contributed by atoms with Crippen molar-refractivity contribution in [2.45, 2.75) is 152 Å². The monoisotopic (exact) mass is 705 g/mol. The van der Waals surface area contributed by atoms with E-state index in [1.807, 2.05) is 12.2 Å². The van der Waals surface area contributed by atoms with Crippen molar-refractivity contribution >= 4 is 13.7 Å². The molecule has 9 N–H and O–H groups in total. The Morgan fingerprint density at radius 3 is 1.85 bits per heavy atom. The van der Waals surface area contributed by atoms with Crippen molar-refractivity contribution in [1.82, 2.24) is 5.32 Å². The maximum atomic E-state index is 12.8. The van der Waals surface area contributed by atoms with Crippen LogP contribution in [0.1, 0.15) is 97.3 Å². The SMILES string of the molecule is CCC/C=C/CC/C=C/CC/C=C/C(O)C(COP(=O)(O)OC1C(O)C(O)C(O)C(O)C1O)NC(=O)CC(O)C/C=C\CCCCCC. The Balaban J connectivity index is 2.81. The van der Waals surface area contributed by atoms with Gasteiger partial charge in [0, 0.05) is 0 Å². The summed E-state index contributed by atoms with van der Waals surface area (Å²) in [5.74, 6) is -0.650. The van der Waals surface area contributed by atoms with Crippen molar-refractivity contribution in [2.24, 2.45) is 0 Å². The number of amides is 1. The third-order valence-corrected chi connectivity index (χ3v) is 8.83. The number of hydrogen-bond donors (Lipinski definition) is 9. The Morgan fingerprint density at radius 1 is 0.729 bits per heavy atom. The lowest BCUT2D eigenvalue weighted by Gasteiger charge is -2.41. The van der Waals surface area contributed by atoms with E-state index in [-0.39, 0.29) is 12.8 Å². The fraction of sp³-hybridized carbons (Fsp3) is 0.735. The lowest BCUT2D eigenvalue weighted by molar-refractivity contribution is -0.220. The van der Waals surface area contributed by atoms with Gasteiger partial charge >= 0.3 is 7.82 Å². The van der Waals surface area contributed by atoms with Crippen LogP contribution >= 0.6 is 7.82 Å². The molecule has 0 bridgehead atoms. The van der Waals surface area contributed by atoms with Gasteiger partial charge in [0.25, 0.3) is 0 Å². The number of hydrogen-bond acceptors (Lipinski definition) is 11. The molecular weight excluding hydrogens is 645 g/mol. The summed E-state index contributed by atoms with van der Waals surface area (Å²) >= 11 is 0. The van der Waals surface area contributed by atoms with Crippen LogP contribution in [0.3, 0.4) is 0 Å². The number of aliphatic hydroxyl groups is 7. The fourth-order valence-corrected chi connectivity index (χ4v) is 5.89. The van der Waals surface area contributed by atoms with E-state index in [0.29, 0.717) is 12.8 Å². The van der Waals surface area contributed by atoms with Crippen LogP contribution in [-0.2, 0) is 18.4 Å². The third kappa shape index (κ3) is 18.3. The molecule has 1 rings (SSSR count). The van der Waals surface area contributed by atoms with Gasteiger partial charge in [0.1, 0.15) is 36.6 Å². The summed E-state index contributed by atoms with van der Waals surface area (Å²) in [7, 11) is -5.14. The van der Waals surface area contributed by atoms with E-state index in [1.165, 1.54) is 6.08 Å². The Kier molecular flexibility index (Phi) is 23.3. The molecule has 8 atom stereocenters. The Labute approximate surface area is 285 Å². The van der Waals surface area contributed by atoms with Crippen molar-refractivity contribution in [3.05, 3.63) is 48.6 Å². The van der Waals surface area contributed by atoms with E-state index in [9.17, 15) is 50.0 Å². The molecule has 48 heavy (non-hydrogen) atoms.